The van der Waals surface area contributed by atoms with Crippen LogP contribution in [0, 0.1) is 0 Å². The number of ether oxygens (including phenoxy) is 1. The van der Waals surface area contributed by atoms with Crippen molar-refractivity contribution in [3.05, 3.63) is 48.0 Å². The highest BCUT2D eigenvalue weighted by atomic mass is 16.6. The number of H-pyrrole nitrogens is 1. The van der Waals surface area contributed by atoms with Gasteiger partial charge in [0.1, 0.15) is 17.8 Å². The van der Waals surface area contributed by atoms with Crippen LogP contribution in [0.4, 0.5) is 5.69 Å². The fraction of sp³-hybridized carbons (Fsp3) is 0.429. The molecule has 160 valence electrons. The van der Waals surface area contributed by atoms with E-state index in [-0.39, 0.29) is 23.8 Å². The van der Waals surface area contributed by atoms with Gasteiger partial charge in [-0.05, 0) is 32.9 Å². The number of carbonyl (C=O) groups excluding carboxylic acids is 3. The molecule has 0 aliphatic carbocycles. The van der Waals surface area contributed by atoms with Gasteiger partial charge in [0.25, 0.3) is 11.8 Å². The number of hydrogen-bond acceptors (Lipinski definition) is 6. The molecule has 3 rings (SSSR count). The average molecular weight is 413 g/mol. The quantitative estimate of drug-likeness (QED) is 0.719. The van der Waals surface area contributed by atoms with Crippen LogP contribution in [0.5, 0.6) is 0 Å². The number of para-hydroxylation sites is 1. The van der Waals surface area contributed by atoms with Crippen LogP contribution in [0.25, 0.3) is 0 Å². The summed E-state index contributed by atoms with van der Waals surface area (Å²) < 4.78 is 5.16. The Hall–Kier alpha value is -3.36. The minimum Gasteiger partial charge on any atom is -0.459 e. The summed E-state index contributed by atoms with van der Waals surface area (Å²) in [4.78, 5) is 47.8. The van der Waals surface area contributed by atoms with E-state index in [0.717, 1.165) is 5.69 Å². The summed E-state index contributed by atoms with van der Waals surface area (Å²) in [5.74, 6) is -1.45. The normalized spacial score (nSPS) is 14.4. The van der Waals surface area contributed by atoms with E-state index < -0.39 is 17.5 Å². The standard InChI is InChI=1S/C21H27N5O4/c1-21(2,3)30-16(27)13-22-19(28)17-18(24-14-23-17)20(29)26-11-9-25(10-12-26)15-7-5-4-6-8-15/h4-8,14H,9-13H2,1-3H3,(H,22,28)(H,23,24). The highest BCUT2D eigenvalue weighted by Gasteiger charge is 2.28. The number of hydrogen-bond donors (Lipinski definition) is 2. The Morgan fingerprint density at radius 3 is 2.40 bits per heavy atom. The van der Waals surface area contributed by atoms with Gasteiger partial charge in [-0.1, -0.05) is 18.2 Å². The first-order chi connectivity index (χ1) is 14.2. The molecule has 1 aromatic heterocycles. The molecule has 0 bridgehead atoms. The molecule has 1 aliphatic heterocycles. The fourth-order valence-corrected chi connectivity index (χ4v) is 3.21. The number of piperazine rings is 1. The van der Waals surface area contributed by atoms with Gasteiger partial charge in [0.2, 0.25) is 0 Å². The number of benzene rings is 1. The summed E-state index contributed by atoms with van der Waals surface area (Å²) >= 11 is 0. The van der Waals surface area contributed by atoms with E-state index in [1.54, 1.807) is 25.7 Å². The molecule has 1 saturated heterocycles. The predicted molar refractivity (Wildman–Crippen MR) is 111 cm³/mol. The van der Waals surface area contributed by atoms with Gasteiger partial charge in [0.15, 0.2) is 5.69 Å². The van der Waals surface area contributed by atoms with Gasteiger partial charge in [-0.2, -0.15) is 0 Å². The summed E-state index contributed by atoms with van der Waals surface area (Å²) in [6.45, 7) is 7.40. The second-order valence-corrected chi connectivity index (χ2v) is 8.01. The molecule has 2 N–H and O–H groups in total. The van der Waals surface area contributed by atoms with E-state index in [4.69, 9.17) is 4.74 Å². The molecule has 1 aliphatic rings. The third-order valence-electron chi connectivity index (χ3n) is 4.57. The number of rotatable bonds is 5. The van der Waals surface area contributed by atoms with Crippen LogP contribution in [0.1, 0.15) is 41.7 Å². The number of imidazole rings is 1. The molecular formula is C21H27N5O4. The van der Waals surface area contributed by atoms with Gasteiger partial charge in [-0.25, -0.2) is 4.98 Å². The summed E-state index contributed by atoms with van der Waals surface area (Å²) in [5, 5.41) is 2.46. The maximum atomic E-state index is 12.9. The Morgan fingerprint density at radius 1 is 1.10 bits per heavy atom. The molecule has 2 amide bonds. The molecule has 30 heavy (non-hydrogen) atoms. The molecule has 0 saturated carbocycles. The maximum Gasteiger partial charge on any atom is 0.325 e. The van der Waals surface area contributed by atoms with Crippen molar-refractivity contribution in [3.8, 4) is 0 Å². The lowest BCUT2D eigenvalue weighted by Crippen LogP contribution is -2.49. The first kappa shape index (κ1) is 21.4. The van der Waals surface area contributed by atoms with Gasteiger partial charge in [-0.15, -0.1) is 0 Å². The van der Waals surface area contributed by atoms with Gasteiger partial charge >= 0.3 is 5.97 Å². The minimum atomic E-state index is -0.642. The number of nitrogens with zero attached hydrogens (tertiary/aromatic N) is 3. The molecule has 0 atom stereocenters. The summed E-state index contributed by atoms with van der Waals surface area (Å²) in [7, 11) is 0. The molecule has 0 radical (unpaired) electrons. The van der Waals surface area contributed by atoms with E-state index in [9.17, 15) is 14.4 Å². The van der Waals surface area contributed by atoms with Crippen molar-refractivity contribution in [2.45, 2.75) is 26.4 Å². The van der Waals surface area contributed by atoms with Crippen LogP contribution in [0.15, 0.2) is 36.7 Å². The largest absolute Gasteiger partial charge is 0.459 e. The summed E-state index contributed by atoms with van der Waals surface area (Å²) in [6, 6.07) is 10.0. The molecule has 9 heteroatoms. The molecule has 0 unspecified atom stereocenters. The number of nitrogens with one attached hydrogen (secondary N) is 2. The minimum absolute atomic E-state index is 0.0333. The van der Waals surface area contributed by atoms with Crippen molar-refractivity contribution < 1.29 is 19.1 Å². The van der Waals surface area contributed by atoms with Crippen LogP contribution in [0.2, 0.25) is 0 Å². The van der Waals surface area contributed by atoms with Gasteiger partial charge in [-0.3, -0.25) is 14.4 Å². The summed E-state index contributed by atoms with van der Waals surface area (Å²) in [6.07, 6.45) is 1.30. The Labute approximate surface area is 175 Å². The van der Waals surface area contributed by atoms with Gasteiger partial charge in [0, 0.05) is 31.9 Å². The number of aromatic amines is 1. The smallest absolute Gasteiger partial charge is 0.325 e. The molecule has 1 aromatic carbocycles. The van der Waals surface area contributed by atoms with E-state index in [0.29, 0.717) is 26.2 Å². The van der Waals surface area contributed by atoms with Crippen molar-refractivity contribution in [1.29, 1.82) is 0 Å². The van der Waals surface area contributed by atoms with E-state index >= 15 is 0 Å². The van der Waals surface area contributed by atoms with Crippen LogP contribution in [0.3, 0.4) is 0 Å². The molecule has 9 nitrogen and oxygen atoms in total. The first-order valence-electron chi connectivity index (χ1n) is 9.87. The Kier molecular flexibility index (Phi) is 6.39. The summed E-state index contributed by atoms with van der Waals surface area (Å²) in [5.41, 5.74) is 0.559. The van der Waals surface area contributed by atoms with E-state index in [2.05, 4.69) is 20.2 Å². The fourth-order valence-electron chi connectivity index (χ4n) is 3.21. The topological polar surface area (TPSA) is 108 Å². The Balaban J connectivity index is 1.57. The number of carbonyl (C=O) groups is 3. The number of aromatic nitrogens is 2. The van der Waals surface area contributed by atoms with Gasteiger partial charge in [0.05, 0.1) is 6.33 Å². The number of anilines is 1. The van der Waals surface area contributed by atoms with Crippen molar-refractivity contribution in [1.82, 2.24) is 20.2 Å². The second-order valence-electron chi connectivity index (χ2n) is 8.01. The maximum absolute atomic E-state index is 12.9. The van der Waals surface area contributed by atoms with Crippen LogP contribution in [-0.2, 0) is 9.53 Å². The molecule has 2 heterocycles. The van der Waals surface area contributed by atoms with Crippen LogP contribution >= 0.6 is 0 Å². The lowest BCUT2D eigenvalue weighted by atomic mass is 10.2. The highest BCUT2D eigenvalue weighted by molar-refractivity contribution is 6.05. The third kappa shape index (κ3) is 5.37. The lowest BCUT2D eigenvalue weighted by molar-refractivity contribution is -0.153. The molecule has 2 aromatic rings. The molecular weight excluding hydrogens is 386 g/mol. The molecule has 1 fully saturated rings. The zero-order chi connectivity index (χ0) is 21.7. The Bertz CT molecular complexity index is 896. The van der Waals surface area contributed by atoms with Crippen molar-refractivity contribution >= 4 is 23.5 Å². The van der Waals surface area contributed by atoms with Crippen LogP contribution < -0.4 is 10.2 Å². The number of amides is 2. The van der Waals surface area contributed by atoms with Gasteiger partial charge < -0.3 is 24.8 Å². The highest BCUT2D eigenvalue weighted by Crippen LogP contribution is 2.17. The number of esters is 1. The Morgan fingerprint density at radius 2 is 1.77 bits per heavy atom. The predicted octanol–water partition coefficient (Wildman–Crippen LogP) is 1.44. The average Bonchev–Trinajstić information content (AvgIpc) is 3.21. The molecule has 0 spiro atoms. The zero-order valence-corrected chi connectivity index (χ0v) is 17.5. The second kappa shape index (κ2) is 8.98. The van der Waals surface area contributed by atoms with Crippen molar-refractivity contribution in [3.63, 3.8) is 0 Å². The van der Waals surface area contributed by atoms with Crippen molar-refractivity contribution in [2.75, 3.05) is 37.6 Å². The SMILES string of the molecule is CC(C)(C)OC(=O)CNC(=O)c1nc[nH]c1C(=O)N1CCN(c2ccccc2)CC1. The zero-order valence-electron chi connectivity index (χ0n) is 17.5. The van der Waals surface area contributed by atoms with Crippen LogP contribution in [-0.4, -0.2) is 71.0 Å². The lowest BCUT2D eigenvalue weighted by Gasteiger charge is -2.36. The van der Waals surface area contributed by atoms with E-state index in [1.165, 1.54) is 6.33 Å². The van der Waals surface area contributed by atoms with E-state index in [1.807, 2.05) is 30.3 Å². The first-order valence-corrected chi connectivity index (χ1v) is 9.87. The van der Waals surface area contributed by atoms with Crippen molar-refractivity contribution in [2.24, 2.45) is 0 Å². The third-order valence-corrected chi connectivity index (χ3v) is 4.57. The monoisotopic (exact) mass is 413 g/mol.